The van der Waals surface area contributed by atoms with Crippen LogP contribution in [0.25, 0.3) is 10.9 Å². The fourth-order valence-corrected chi connectivity index (χ4v) is 2.70. The van der Waals surface area contributed by atoms with Crippen LogP contribution in [0, 0.1) is 12.7 Å². The fourth-order valence-electron chi connectivity index (χ4n) is 2.70. The third-order valence-corrected chi connectivity index (χ3v) is 4.07. The summed E-state index contributed by atoms with van der Waals surface area (Å²) in [4.78, 5) is 27.0. The molecule has 25 heavy (non-hydrogen) atoms. The van der Waals surface area contributed by atoms with Crippen molar-refractivity contribution in [1.29, 1.82) is 0 Å². The topological polar surface area (TPSA) is 79.3 Å². The number of unbranched alkanes of at least 4 members (excludes halogenated alkanes) is 4. The molecule has 2 aromatic rings. The summed E-state index contributed by atoms with van der Waals surface area (Å²) in [5.41, 5.74) is 1.61. The number of aryl methyl sites for hydroxylation is 1. The lowest BCUT2D eigenvalue weighted by molar-refractivity contribution is -0.137. The summed E-state index contributed by atoms with van der Waals surface area (Å²) in [6, 6.07) is 6.06. The number of nitrogens with one attached hydrogen (secondary N) is 1. The Morgan fingerprint density at radius 3 is 2.60 bits per heavy atom. The second kappa shape index (κ2) is 9.11. The molecule has 0 atom stereocenters. The van der Waals surface area contributed by atoms with Gasteiger partial charge in [-0.3, -0.25) is 14.6 Å². The highest BCUT2D eigenvalue weighted by Crippen LogP contribution is 2.17. The summed E-state index contributed by atoms with van der Waals surface area (Å²) in [6.07, 6.45) is 4.58. The predicted octanol–water partition coefficient (Wildman–Crippen LogP) is 3.84. The van der Waals surface area contributed by atoms with Crippen LogP contribution in [0.4, 0.5) is 4.39 Å². The lowest BCUT2D eigenvalue weighted by Gasteiger charge is -2.09. The minimum Gasteiger partial charge on any atom is -0.481 e. The number of halogens is 1. The Morgan fingerprint density at radius 1 is 1.12 bits per heavy atom. The van der Waals surface area contributed by atoms with Gasteiger partial charge < -0.3 is 10.4 Å². The van der Waals surface area contributed by atoms with Gasteiger partial charge in [-0.15, -0.1) is 0 Å². The molecule has 1 aromatic heterocycles. The summed E-state index contributed by atoms with van der Waals surface area (Å²) in [6.45, 7) is 2.31. The van der Waals surface area contributed by atoms with Crippen molar-refractivity contribution in [3.63, 3.8) is 0 Å². The van der Waals surface area contributed by atoms with Crippen LogP contribution in [-0.4, -0.2) is 28.5 Å². The standard InChI is InChI=1S/C19H23FN2O3/c1-13-16(11-14-8-9-15(20)12-17(14)22-13)19(25)21-10-6-4-2-3-5-7-18(23)24/h8-9,11-12H,2-7,10H2,1H3,(H,21,25)(H,23,24). The van der Waals surface area contributed by atoms with E-state index in [0.29, 0.717) is 29.7 Å². The molecule has 0 aliphatic heterocycles. The molecule has 2 N–H and O–H groups in total. The van der Waals surface area contributed by atoms with E-state index in [0.717, 1.165) is 31.1 Å². The van der Waals surface area contributed by atoms with Crippen LogP contribution in [0.5, 0.6) is 0 Å². The lowest BCUT2D eigenvalue weighted by atomic mass is 10.1. The van der Waals surface area contributed by atoms with E-state index in [2.05, 4.69) is 10.3 Å². The van der Waals surface area contributed by atoms with E-state index in [1.54, 1.807) is 19.1 Å². The van der Waals surface area contributed by atoms with Gasteiger partial charge in [0.15, 0.2) is 0 Å². The average molecular weight is 346 g/mol. The van der Waals surface area contributed by atoms with Crippen LogP contribution in [0.1, 0.15) is 54.6 Å². The van der Waals surface area contributed by atoms with Gasteiger partial charge in [0.25, 0.3) is 5.91 Å². The van der Waals surface area contributed by atoms with E-state index < -0.39 is 5.97 Å². The van der Waals surface area contributed by atoms with Crippen molar-refractivity contribution in [2.45, 2.75) is 45.4 Å². The molecule has 0 saturated carbocycles. The van der Waals surface area contributed by atoms with Gasteiger partial charge in [-0.05, 0) is 38.0 Å². The SMILES string of the molecule is Cc1nc2cc(F)ccc2cc1C(=O)NCCCCCCCC(=O)O. The maximum atomic E-state index is 13.2. The number of aliphatic carboxylic acids is 1. The Hall–Kier alpha value is -2.50. The number of fused-ring (bicyclic) bond motifs is 1. The molecule has 1 aromatic carbocycles. The van der Waals surface area contributed by atoms with E-state index in [4.69, 9.17) is 5.11 Å². The monoisotopic (exact) mass is 346 g/mol. The molecular weight excluding hydrogens is 323 g/mol. The molecule has 5 nitrogen and oxygen atoms in total. The number of amides is 1. The number of hydrogen-bond acceptors (Lipinski definition) is 3. The highest BCUT2D eigenvalue weighted by Gasteiger charge is 2.11. The smallest absolute Gasteiger partial charge is 0.303 e. The number of nitrogens with zero attached hydrogens (tertiary/aromatic N) is 1. The van der Waals surface area contributed by atoms with E-state index >= 15 is 0 Å². The van der Waals surface area contributed by atoms with Crippen molar-refractivity contribution < 1.29 is 19.1 Å². The zero-order valence-electron chi connectivity index (χ0n) is 14.3. The number of aromatic nitrogens is 1. The van der Waals surface area contributed by atoms with Crippen molar-refractivity contribution in [3.8, 4) is 0 Å². The minimum atomic E-state index is -0.755. The number of carbonyl (C=O) groups is 2. The number of rotatable bonds is 9. The first kappa shape index (κ1) is 18.8. The third-order valence-electron chi connectivity index (χ3n) is 4.07. The van der Waals surface area contributed by atoms with Gasteiger partial charge in [-0.25, -0.2) is 4.39 Å². The molecule has 0 aliphatic carbocycles. The molecule has 6 heteroatoms. The quantitative estimate of drug-likeness (QED) is 0.676. The second-order valence-corrected chi connectivity index (χ2v) is 6.13. The number of pyridine rings is 1. The Balaban J connectivity index is 1.79. The average Bonchev–Trinajstić information content (AvgIpc) is 2.56. The molecule has 1 heterocycles. The first-order valence-electron chi connectivity index (χ1n) is 8.54. The molecular formula is C19H23FN2O3. The van der Waals surface area contributed by atoms with Gasteiger partial charge in [0, 0.05) is 24.4 Å². The highest BCUT2D eigenvalue weighted by molar-refractivity contribution is 5.98. The minimum absolute atomic E-state index is 0.179. The Kier molecular flexibility index (Phi) is 6.86. The van der Waals surface area contributed by atoms with Crippen LogP contribution >= 0.6 is 0 Å². The Morgan fingerprint density at radius 2 is 1.84 bits per heavy atom. The largest absolute Gasteiger partial charge is 0.481 e. The van der Waals surface area contributed by atoms with Crippen LogP contribution in [0.15, 0.2) is 24.3 Å². The van der Waals surface area contributed by atoms with Gasteiger partial charge in [0.05, 0.1) is 16.8 Å². The first-order chi connectivity index (χ1) is 12.0. The van der Waals surface area contributed by atoms with Crippen LogP contribution in [0.2, 0.25) is 0 Å². The van der Waals surface area contributed by atoms with Crippen LogP contribution in [0.3, 0.4) is 0 Å². The molecule has 0 bridgehead atoms. The summed E-state index contributed by atoms with van der Waals surface area (Å²) in [7, 11) is 0. The highest BCUT2D eigenvalue weighted by atomic mass is 19.1. The molecule has 0 radical (unpaired) electrons. The summed E-state index contributed by atoms with van der Waals surface area (Å²) in [5, 5.41) is 12.2. The molecule has 0 spiro atoms. The Labute approximate surface area is 146 Å². The second-order valence-electron chi connectivity index (χ2n) is 6.13. The molecule has 0 fully saturated rings. The molecule has 1 amide bonds. The Bertz CT molecular complexity index is 762. The van der Waals surface area contributed by atoms with Gasteiger partial charge in [-0.2, -0.15) is 0 Å². The maximum absolute atomic E-state index is 13.2. The zero-order chi connectivity index (χ0) is 18.2. The summed E-state index contributed by atoms with van der Waals surface area (Å²) >= 11 is 0. The van der Waals surface area contributed by atoms with Gasteiger partial charge in [0.2, 0.25) is 0 Å². The molecule has 2 rings (SSSR count). The van der Waals surface area contributed by atoms with Crippen LogP contribution < -0.4 is 5.32 Å². The lowest BCUT2D eigenvalue weighted by Crippen LogP contribution is -2.25. The van der Waals surface area contributed by atoms with Crippen molar-refractivity contribution in [3.05, 3.63) is 41.3 Å². The first-order valence-corrected chi connectivity index (χ1v) is 8.54. The van der Waals surface area contributed by atoms with Gasteiger partial charge in [-0.1, -0.05) is 19.3 Å². The van der Waals surface area contributed by atoms with Crippen molar-refractivity contribution in [1.82, 2.24) is 10.3 Å². The van der Waals surface area contributed by atoms with Crippen molar-refractivity contribution in [2.24, 2.45) is 0 Å². The molecule has 134 valence electrons. The normalized spacial score (nSPS) is 10.8. The van der Waals surface area contributed by atoms with Gasteiger partial charge >= 0.3 is 5.97 Å². The van der Waals surface area contributed by atoms with Gasteiger partial charge in [0.1, 0.15) is 5.82 Å². The number of carboxylic acid groups (broad SMARTS) is 1. The number of carbonyl (C=O) groups excluding carboxylic acids is 1. The van der Waals surface area contributed by atoms with Crippen molar-refractivity contribution >= 4 is 22.8 Å². The van der Waals surface area contributed by atoms with E-state index in [1.807, 2.05) is 0 Å². The summed E-state index contributed by atoms with van der Waals surface area (Å²) < 4.78 is 13.2. The number of hydrogen-bond donors (Lipinski definition) is 2. The molecule has 0 unspecified atom stereocenters. The third kappa shape index (κ3) is 5.81. The predicted molar refractivity (Wildman–Crippen MR) is 94.1 cm³/mol. The number of carboxylic acids is 1. The zero-order valence-corrected chi connectivity index (χ0v) is 14.3. The van der Waals surface area contributed by atoms with Crippen LogP contribution in [-0.2, 0) is 4.79 Å². The van der Waals surface area contributed by atoms with Crippen molar-refractivity contribution in [2.75, 3.05) is 6.54 Å². The summed E-state index contributed by atoms with van der Waals surface area (Å²) in [5.74, 6) is -1.28. The molecule has 0 saturated heterocycles. The van der Waals surface area contributed by atoms with E-state index in [-0.39, 0.29) is 18.1 Å². The number of benzene rings is 1. The maximum Gasteiger partial charge on any atom is 0.303 e. The fraction of sp³-hybridized carbons (Fsp3) is 0.421. The van der Waals surface area contributed by atoms with E-state index in [1.165, 1.54) is 12.1 Å². The van der Waals surface area contributed by atoms with E-state index in [9.17, 15) is 14.0 Å². The molecule has 0 aliphatic rings.